The van der Waals surface area contributed by atoms with Crippen molar-refractivity contribution in [3.05, 3.63) is 70.2 Å². The predicted molar refractivity (Wildman–Crippen MR) is 120 cm³/mol. The zero-order valence-corrected chi connectivity index (χ0v) is 17.5. The molecule has 3 aromatic rings. The second kappa shape index (κ2) is 7.30. The zero-order valence-electron chi connectivity index (χ0n) is 16.0. The van der Waals surface area contributed by atoms with Gasteiger partial charge in [0.15, 0.2) is 0 Å². The van der Waals surface area contributed by atoms with E-state index in [-0.39, 0.29) is 11.8 Å². The number of anilines is 2. The van der Waals surface area contributed by atoms with Crippen LogP contribution in [-0.4, -0.2) is 17.9 Å². The Bertz CT molecular complexity index is 1110. The average molecular weight is 449 g/mol. The standard InChI is InChI=1S/C24H21BrN2O2/c25-15-6-4-9-17(14-15)27-23(28)19-11-5-10-18-21(26-16-7-2-1-3-8-16)13-12-20(22(18)19)24(27)29/h4-6,9-14,16,26H,1-3,7-8H2. The van der Waals surface area contributed by atoms with Crippen LogP contribution in [0.25, 0.3) is 10.8 Å². The van der Waals surface area contributed by atoms with Crippen molar-refractivity contribution in [3.63, 3.8) is 0 Å². The number of halogens is 1. The van der Waals surface area contributed by atoms with E-state index >= 15 is 0 Å². The summed E-state index contributed by atoms with van der Waals surface area (Å²) in [5.41, 5.74) is 2.73. The van der Waals surface area contributed by atoms with Crippen molar-refractivity contribution >= 4 is 49.9 Å². The molecule has 1 N–H and O–H groups in total. The highest BCUT2D eigenvalue weighted by Gasteiger charge is 2.34. The summed E-state index contributed by atoms with van der Waals surface area (Å²) in [7, 11) is 0. The summed E-state index contributed by atoms with van der Waals surface area (Å²) < 4.78 is 0.826. The molecule has 146 valence electrons. The van der Waals surface area contributed by atoms with E-state index < -0.39 is 0 Å². The highest BCUT2D eigenvalue weighted by atomic mass is 79.9. The number of hydrogen-bond acceptors (Lipinski definition) is 3. The number of nitrogens with one attached hydrogen (secondary N) is 1. The molecule has 1 heterocycles. The van der Waals surface area contributed by atoms with Gasteiger partial charge in [0.1, 0.15) is 0 Å². The van der Waals surface area contributed by atoms with Gasteiger partial charge in [-0.05, 0) is 49.2 Å². The zero-order chi connectivity index (χ0) is 20.0. The predicted octanol–water partition coefficient (Wildman–Crippen LogP) is 6.15. The van der Waals surface area contributed by atoms with Crippen molar-refractivity contribution in [2.75, 3.05) is 10.2 Å². The average Bonchev–Trinajstić information content (AvgIpc) is 2.74. The molecular weight excluding hydrogens is 428 g/mol. The number of carbonyl (C=O) groups excluding carboxylic acids is 2. The monoisotopic (exact) mass is 448 g/mol. The highest BCUT2D eigenvalue weighted by molar-refractivity contribution is 9.10. The van der Waals surface area contributed by atoms with Crippen molar-refractivity contribution in [1.29, 1.82) is 0 Å². The number of carbonyl (C=O) groups is 2. The number of imide groups is 1. The van der Waals surface area contributed by atoms with Crippen LogP contribution in [0.4, 0.5) is 11.4 Å². The molecule has 0 spiro atoms. The smallest absolute Gasteiger partial charge is 0.265 e. The summed E-state index contributed by atoms with van der Waals surface area (Å²) in [4.78, 5) is 27.9. The Labute approximate surface area is 178 Å². The van der Waals surface area contributed by atoms with E-state index in [9.17, 15) is 9.59 Å². The van der Waals surface area contributed by atoms with E-state index in [1.165, 1.54) is 24.2 Å². The molecule has 0 radical (unpaired) electrons. The Morgan fingerprint density at radius 3 is 2.34 bits per heavy atom. The highest BCUT2D eigenvalue weighted by Crippen LogP contribution is 2.37. The molecular formula is C24H21BrN2O2. The van der Waals surface area contributed by atoms with Gasteiger partial charge in [0, 0.05) is 38.1 Å². The largest absolute Gasteiger partial charge is 0.382 e. The lowest BCUT2D eigenvalue weighted by Gasteiger charge is -2.29. The third-order valence-corrected chi connectivity index (χ3v) is 6.43. The minimum absolute atomic E-state index is 0.277. The molecule has 3 aromatic carbocycles. The fourth-order valence-electron chi connectivity index (χ4n) is 4.54. The van der Waals surface area contributed by atoms with Gasteiger partial charge in [0.25, 0.3) is 11.8 Å². The van der Waals surface area contributed by atoms with Gasteiger partial charge >= 0.3 is 0 Å². The van der Waals surface area contributed by atoms with Crippen molar-refractivity contribution in [2.45, 2.75) is 38.1 Å². The summed E-state index contributed by atoms with van der Waals surface area (Å²) in [6.45, 7) is 0. The van der Waals surface area contributed by atoms with Crippen molar-refractivity contribution < 1.29 is 9.59 Å². The third kappa shape index (κ3) is 3.14. The van der Waals surface area contributed by atoms with Gasteiger partial charge in [-0.3, -0.25) is 9.59 Å². The molecule has 2 aliphatic rings. The van der Waals surface area contributed by atoms with Gasteiger partial charge in [0.2, 0.25) is 0 Å². The lowest BCUT2D eigenvalue weighted by Crippen LogP contribution is -2.40. The van der Waals surface area contributed by atoms with Crippen LogP contribution in [-0.2, 0) is 0 Å². The SMILES string of the molecule is O=C1c2cccc3c(NC4CCCCC4)ccc(c23)C(=O)N1c1cccc(Br)c1. The summed E-state index contributed by atoms with van der Waals surface area (Å²) in [5.74, 6) is -0.554. The number of benzene rings is 3. The molecule has 1 fully saturated rings. The molecule has 0 unspecified atom stereocenters. The molecule has 4 nitrogen and oxygen atoms in total. The van der Waals surface area contributed by atoms with Crippen LogP contribution in [0.3, 0.4) is 0 Å². The van der Waals surface area contributed by atoms with Crippen LogP contribution in [0.15, 0.2) is 59.1 Å². The van der Waals surface area contributed by atoms with Crippen LogP contribution < -0.4 is 10.2 Å². The molecule has 1 saturated carbocycles. The minimum atomic E-state index is -0.277. The first kappa shape index (κ1) is 18.4. The van der Waals surface area contributed by atoms with Gasteiger partial charge in [-0.25, -0.2) is 4.90 Å². The summed E-state index contributed by atoms with van der Waals surface area (Å²) in [5, 5.41) is 5.37. The molecule has 1 aliphatic heterocycles. The van der Waals surface area contributed by atoms with Crippen LogP contribution in [0.1, 0.15) is 52.8 Å². The van der Waals surface area contributed by atoms with Crippen molar-refractivity contribution in [1.82, 2.24) is 0 Å². The number of hydrogen-bond donors (Lipinski definition) is 1. The molecule has 5 heteroatoms. The summed E-state index contributed by atoms with van der Waals surface area (Å²) in [6, 6.07) is 17.3. The summed E-state index contributed by atoms with van der Waals surface area (Å²) in [6.07, 6.45) is 6.13. The lowest BCUT2D eigenvalue weighted by molar-refractivity contribution is 0.0893. The Kier molecular flexibility index (Phi) is 4.63. The maximum atomic E-state index is 13.3. The first-order chi connectivity index (χ1) is 14.1. The number of amides is 2. The molecule has 0 atom stereocenters. The van der Waals surface area contributed by atoms with E-state index in [1.54, 1.807) is 12.1 Å². The van der Waals surface area contributed by atoms with E-state index in [1.807, 2.05) is 42.5 Å². The quantitative estimate of drug-likeness (QED) is 0.488. The third-order valence-electron chi connectivity index (χ3n) is 5.94. The molecule has 0 saturated heterocycles. The second-order valence-electron chi connectivity index (χ2n) is 7.79. The molecule has 29 heavy (non-hydrogen) atoms. The van der Waals surface area contributed by atoms with E-state index in [0.29, 0.717) is 22.9 Å². The molecule has 2 amide bonds. The Morgan fingerprint density at radius 1 is 0.862 bits per heavy atom. The van der Waals surface area contributed by atoms with Gasteiger partial charge in [-0.15, -0.1) is 0 Å². The van der Waals surface area contributed by atoms with Crippen LogP contribution >= 0.6 is 15.9 Å². The second-order valence-corrected chi connectivity index (χ2v) is 8.71. The van der Waals surface area contributed by atoms with Crippen molar-refractivity contribution in [2.24, 2.45) is 0 Å². The Hall–Kier alpha value is -2.66. The molecule has 0 aromatic heterocycles. The fraction of sp³-hybridized carbons (Fsp3) is 0.250. The molecule has 1 aliphatic carbocycles. The number of rotatable bonds is 3. The van der Waals surface area contributed by atoms with Crippen LogP contribution in [0.5, 0.6) is 0 Å². The fourth-order valence-corrected chi connectivity index (χ4v) is 4.93. The maximum Gasteiger partial charge on any atom is 0.265 e. The summed E-state index contributed by atoms with van der Waals surface area (Å²) >= 11 is 3.43. The van der Waals surface area contributed by atoms with E-state index in [2.05, 4.69) is 21.2 Å². The van der Waals surface area contributed by atoms with E-state index in [4.69, 9.17) is 0 Å². The van der Waals surface area contributed by atoms with Crippen molar-refractivity contribution in [3.8, 4) is 0 Å². The van der Waals surface area contributed by atoms with Gasteiger partial charge < -0.3 is 5.32 Å². The van der Waals surface area contributed by atoms with Gasteiger partial charge in [-0.1, -0.05) is 53.4 Å². The minimum Gasteiger partial charge on any atom is -0.382 e. The Balaban J connectivity index is 1.61. The Morgan fingerprint density at radius 2 is 1.59 bits per heavy atom. The molecule has 5 rings (SSSR count). The van der Waals surface area contributed by atoms with E-state index in [0.717, 1.165) is 33.8 Å². The maximum absolute atomic E-state index is 13.3. The topological polar surface area (TPSA) is 49.4 Å². The first-order valence-electron chi connectivity index (χ1n) is 10.1. The van der Waals surface area contributed by atoms with Crippen LogP contribution in [0, 0.1) is 0 Å². The number of nitrogens with zero attached hydrogens (tertiary/aromatic N) is 1. The van der Waals surface area contributed by atoms with Gasteiger partial charge in [-0.2, -0.15) is 0 Å². The normalized spacial score (nSPS) is 17.1. The lowest BCUT2D eigenvalue weighted by atomic mass is 9.91. The first-order valence-corrected chi connectivity index (χ1v) is 10.9. The van der Waals surface area contributed by atoms with Crippen LogP contribution in [0.2, 0.25) is 0 Å². The van der Waals surface area contributed by atoms with Gasteiger partial charge in [0.05, 0.1) is 5.69 Å². The molecule has 0 bridgehead atoms.